The van der Waals surface area contributed by atoms with Crippen molar-refractivity contribution in [1.82, 2.24) is 0 Å². The second-order valence-corrected chi connectivity index (χ2v) is 5.78. The SMILES string of the molecule is C[C@H]1C(=O)C(I)=CO[C@H]1C1CCCCC1. The van der Waals surface area contributed by atoms with E-state index in [0.29, 0.717) is 5.92 Å². The summed E-state index contributed by atoms with van der Waals surface area (Å²) >= 11 is 2.07. The number of ether oxygens (including phenoxy) is 1. The van der Waals surface area contributed by atoms with Crippen LogP contribution in [0.1, 0.15) is 39.0 Å². The summed E-state index contributed by atoms with van der Waals surface area (Å²) in [5.74, 6) is 0.904. The van der Waals surface area contributed by atoms with Gasteiger partial charge in [-0.15, -0.1) is 0 Å². The Morgan fingerprint density at radius 2 is 2.00 bits per heavy atom. The molecule has 0 aromatic heterocycles. The van der Waals surface area contributed by atoms with Crippen LogP contribution in [0.25, 0.3) is 0 Å². The molecule has 1 aliphatic carbocycles. The van der Waals surface area contributed by atoms with Crippen LogP contribution < -0.4 is 0 Å². The molecule has 0 N–H and O–H groups in total. The van der Waals surface area contributed by atoms with Crippen molar-refractivity contribution >= 4 is 28.4 Å². The summed E-state index contributed by atoms with van der Waals surface area (Å²) in [6.07, 6.45) is 8.19. The van der Waals surface area contributed by atoms with Crippen LogP contribution in [0.2, 0.25) is 0 Å². The Labute approximate surface area is 105 Å². The molecule has 0 aromatic rings. The van der Waals surface area contributed by atoms with Crippen molar-refractivity contribution < 1.29 is 9.53 Å². The van der Waals surface area contributed by atoms with Gasteiger partial charge in [0.1, 0.15) is 12.4 Å². The molecule has 3 heteroatoms. The van der Waals surface area contributed by atoms with Crippen molar-refractivity contribution in [1.29, 1.82) is 0 Å². The molecule has 15 heavy (non-hydrogen) atoms. The zero-order valence-corrected chi connectivity index (χ0v) is 11.2. The van der Waals surface area contributed by atoms with Gasteiger partial charge in [0.2, 0.25) is 0 Å². The average molecular weight is 320 g/mol. The number of hydrogen-bond acceptors (Lipinski definition) is 2. The Morgan fingerprint density at radius 3 is 2.67 bits per heavy atom. The van der Waals surface area contributed by atoms with Gasteiger partial charge in [-0.2, -0.15) is 0 Å². The summed E-state index contributed by atoms with van der Waals surface area (Å²) in [5, 5.41) is 0. The number of allylic oxidation sites excluding steroid dienone is 1. The number of carbonyl (C=O) groups excluding carboxylic acids is 1. The summed E-state index contributed by atoms with van der Waals surface area (Å²) in [6.45, 7) is 2.01. The van der Waals surface area contributed by atoms with Crippen molar-refractivity contribution in [3.63, 3.8) is 0 Å². The van der Waals surface area contributed by atoms with Gasteiger partial charge in [-0.1, -0.05) is 26.2 Å². The first-order chi connectivity index (χ1) is 7.20. The first-order valence-corrected chi connectivity index (χ1v) is 6.83. The zero-order chi connectivity index (χ0) is 10.8. The quantitative estimate of drug-likeness (QED) is 0.692. The summed E-state index contributed by atoms with van der Waals surface area (Å²) in [6, 6.07) is 0. The molecule has 2 nitrogen and oxygen atoms in total. The predicted molar refractivity (Wildman–Crippen MR) is 67.7 cm³/mol. The van der Waals surface area contributed by atoms with Crippen LogP contribution in [-0.2, 0) is 9.53 Å². The molecule has 1 heterocycles. The molecule has 2 rings (SSSR count). The minimum absolute atomic E-state index is 0.0463. The lowest BCUT2D eigenvalue weighted by atomic mass is 9.79. The number of halogens is 1. The average Bonchev–Trinajstić information content (AvgIpc) is 2.27. The summed E-state index contributed by atoms with van der Waals surface area (Å²) < 4.78 is 6.46. The smallest absolute Gasteiger partial charge is 0.178 e. The highest BCUT2D eigenvalue weighted by Crippen LogP contribution is 2.35. The molecule has 0 aromatic carbocycles. The first kappa shape index (κ1) is 11.4. The molecule has 0 saturated heterocycles. The lowest BCUT2D eigenvalue weighted by Gasteiger charge is -2.35. The van der Waals surface area contributed by atoms with Crippen LogP contribution in [0.15, 0.2) is 9.84 Å². The van der Waals surface area contributed by atoms with Gasteiger partial charge in [0.25, 0.3) is 0 Å². The zero-order valence-electron chi connectivity index (χ0n) is 9.04. The van der Waals surface area contributed by atoms with E-state index in [1.165, 1.54) is 32.1 Å². The molecular formula is C12H17IO2. The molecule has 84 valence electrons. The highest BCUT2D eigenvalue weighted by Gasteiger charge is 2.36. The van der Waals surface area contributed by atoms with Gasteiger partial charge in [-0.25, -0.2) is 0 Å². The Kier molecular flexibility index (Phi) is 3.69. The number of ketones is 1. The molecule has 1 fully saturated rings. The second-order valence-electron chi connectivity index (χ2n) is 4.62. The molecule has 0 bridgehead atoms. The number of hydrogen-bond donors (Lipinski definition) is 0. The van der Waals surface area contributed by atoms with Crippen molar-refractivity contribution in [3.05, 3.63) is 9.84 Å². The topological polar surface area (TPSA) is 26.3 Å². The molecule has 2 atom stereocenters. The van der Waals surface area contributed by atoms with E-state index in [9.17, 15) is 4.79 Å². The van der Waals surface area contributed by atoms with E-state index in [4.69, 9.17) is 4.74 Å². The van der Waals surface area contributed by atoms with E-state index in [1.807, 2.05) is 6.92 Å². The molecule has 0 amide bonds. The minimum Gasteiger partial charge on any atom is -0.496 e. The Bertz CT molecular complexity index is 279. The standard InChI is InChI=1S/C12H17IO2/c1-8-11(14)10(13)7-15-12(8)9-5-3-2-4-6-9/h7-9,12H,2-6H2,1H3/t8-,12+/m0/s1. The normalized spacial score (nSPS) is 33.5. The highest BCUT2D eigenvalue weighted by molar-refractivity contribution is 14.1. The third kappa shape index (κ3) is 2.37. The maximum atomic E-state index is 11.8. The van der Waals surface area contributed by atoms with Crippen LogP contribution in [0, 0.1) is 11.8 Å². The van der Waals surface area contributed by atoms with Crippen molar-refractivity contribution in [3.8, 4) is 0 Å². The van der Waals surface area contributed by atoms with Crippen LogP contribution in [0.3, 0.4) is 0 Å². The van der Waals surface area contributed by atoms with Crippen molar-refractivity contribution in [2.75, 3.05) is 0 Å². The van der Waals surface area contributed by atoms with Crippen molar-refractivity contribution in [2.24, 2.45) is 11.8 Å². The molecule has 1 aliphatic heterocycles. The predicted octanol–water partition coefficient (Wildman–Crippen LogP) is 3.45. The van der Waals surface area contributed by atoms with E-state index in [2.05, 4.69) is 22.6 Å². The Hall–Kier alpha value is -0.0600. The van der Waals surface area contributed by atoms with Crippen LogP contribution in [-0.4, -0.2) is 11.9 Å². The van der Waals surface area contributed by atoms with E-state index in [-0.39, 0.29) is 17.8 Å². The molecule has 2 aliphatic rings. The lowest BCUT2D eigenvalue weighted by molar-refractivity contribution is -0.125. The van der Waals surface area contributed by atoms with Crippen LogP contribution >= 0.6 is 22.6 Å². The van der Waals surface area contributed by atoms with Crippen molar-refractivity contribution in [2.45, 2.75) is 45.1 Å². The lowest BCUT2D eigenvalue weighted by Crippen LogP contribution is -2.37. The fraction of sp³-hybridized carbons (Fsp3) is 0.750. The van der Waals surface area contributed by atoms with Gasteiger partial charge in [0, 0.05) is 0 Å². The van der Waals surface area contributed by atoms with E-state index in [0.717, 1.165) is 3.58 Å². The molecule has 0 unspecified atom stereocenters. The molecule has 0 spiro atoms. The monoisotopic (exact) mass is 320 g/mol. The van der Waals surface area contributed by atoms with Gasteiger partial charge in [0.05, 0.1) is 9.50 Å². The number of rotatable bonds is 1. The van der Waals surface area contributed by atoms with Gasteiger partial charge < -0.3 is 4.74 Å². The van der Waals surface area contributed by atoms with E-state index in [1.54, 1.807) is 6.26 Å². The molecular weight excluding hydrogens is 303 g/mol. The maximum absolute atomic E-state index is 11.8. The summed E-state index contributed by atoms with van der Waals surface area (Å²) in [4.78, 5) is 11.8. The largest absolute Gasteiger partial charge is 0.496 e. The van der Waals surface area contributed by atoms with Gasteiger partial charge >= 0.3 is 0 Å². The van der Waals surface area contributed by atoms with E-state index >= 15 is 0 Å². The minimum atomic E-state index is 0.0463. The van der Waals surface area contributed by atoms with E-state index < -0.39 is 0 Å². The van der Waals surface area contributed by atoms with Gasteiger partial charge in [0.15, 0.2) is 5.78 Å². The fourth-order valence-electron chi connectivity index (χ4n) is 2.66. The Morgan fingerprint density at radius 1 is 1.33 bits per heavy atom. The Balaban J connectivity index is 2.06. The van der Waals surface area contributed by atoms with Gasteiger partial charge in [-0.3, -0.25) is 4.79 Å². The van der Waals surface area contributed by atoms with Crippen LogP contribution in [0.4, 0.5) is 0 Å². The third-order valence-corrected chi connectivity index (χ3v) is 4.37. The van der Waals surface area contributed by atoms with Gasteiger partial charge in [-0.05, 0) is 41.4 Å². The maximum Gasteiger partial charge on any atom is 0.178 e. The number of Topliss-reactive ketones (excluding diaryl/α,β-unsaturated/α-hetero) is 1. The highest BCUT2D eigenvalue weighted by atomic mass is 127. The third-order valence-electron chi connectivity index (χ3n) is 3.58. The second kappa shape index (κ2) is 4.85. The summed E-state index contributed by atoms with van der Waals surface area (Å²) in [5.41, 5.74) is 0. The summed E-state index contributed by atoms with van der Waals surface area (Å²) in [7, 11) is 0. The molecule has 1 saturated carbocycles. The first-order valence-electron chi connectivity index (χ1n) is 5.75. The molecule has 0 radical (unpaired) electrons. The number of carbonyl (C=O) groups is 1. The fourth-order valence-corrected chi connectivity index (χ4v) is 3.30. The van der Waals surface area contributed by atoms with Crippen LogP contribution in [0.5, 0.6) is 0 Å².